The lowest BCUT2D eigenvalue weighted by Crippen LogP contribution is -2.53. The molecule has 2 saturated carbocycles. The molecule has 0 amide bonds. The first-order valence-electron chi connectivity index (χ1n) is 11.0. The van der Waals surface area contributed by atoms with Gasteiger partial charge in [-0.2, -0.15) is 5.10 Å². The summed E-state index contributed by atoms with van der Waals surface area (Å²) in [5, 5.41) is 17.5. The minimum absolute atomic E-state index is 0.139. The number of aliphatic carboxylic acids is 1. The van der Waals surface area contributed by atoms with Crippen LogP contribution in [0.1, 0.15) is 57.1 Å². The maximum atomic E-state index is 11.0. The Morgan fingerprint density at radius 3 is 2.62 bits per heavy atom. The quantitative estimate of drug-likeness (QED) is 0.676. The molecule has 6 nitrogen and oxygen atoms in total. The predicted molar refractivity (Wildman–Crippen MR) is 114 cm³/mol. The maximum absolute atomic E-state index is 11.0. The third-order valence-corrected chi connectivity index (χ3v) is 6.54. The zero-order valence-corrected chi connectivity index (χ0v) is 17.3. The van der Waals surface area contributed by atoms with Crippen molar-refractivity contribution >= 4 is 5.97 Å². The van der Waals surface area contributed by atoms with Gasteiger partial charge in [0, 0.05) is 29.8 Å². The summed E-state index contributed by atoms with van der Waals surface area (Å²) in [4.78, 5) is 13.1. The van der Waals surface area contributed by atoms with Gasteiger partial charge in [-0.3, -0.25) is 14.4 Å². The number of benzene rings is 1. The Kier molecular flexibility index (Phi) is 6.31. The van der Waals surface area contributed by atoms with Gasteiger partial charge in [-0.1, -0.05) is 50.1 Å². The molecule has 0 saturated heterocycles. The molecule has 2 fully saturated rings. The average Bonchev–Trinajstić information content (AvgIpc) is 3.35. The molecule has 0 aliphatic heterocycles. The lowest BCUT2D eigenvalue weighted by atomic mass is 9.85. The summed E-state index contributed by atoms with van der Waals surface area (Å²) in [5.74, 6) is -0.741. The van der Waals surface area contributed by atoms with Gasteiger partial charge in [0.2, 0.25) is 0 Å². The molecule has 1 aromatic carbocycles. The van der Waals surface area contributed by atoms with Gasteiger partial charge in [-0.05, 0) is 32.2 Å². The van der Waals surface area contributed by atoms with E-state index in [-0.39, 0.29) is 6.54 Å². The van der Waals surface area contributed by atoms with Crippen molar-refractivity contribution in [1.82, 2.24) is 20.0 Å². The minimum atomic E-state index is -0.741. The predicted octanol–water partition coefficient (Wildman–Crippen LogP) is 3.69. The van der Waals surface area contributed by atoms with E-state index in [1.165, 1.54) is 42.5 Å². The summed E-state index contributed by atoms with van der Waals surface area (Å²) in [6.07, 6.45) is 9.08. The van der Waals surface area contributed by atoms with Crippen molar-refractivity contribution in [3.63, 3.8) is 0 Å². The van der Waals surface area contributed by atoms with E-state index in [0.29, 0.717) is 18.1 Å². The molecule has 2 aliphatic rings. The van der Waals surface area contributed by atoms with Crippen LogP contribution in [0.25, 0.3) is 11.3 Å². The number of hydrogen-bond donors (Lipinski definition) is 2. The summed E-state index contributed by atoms with van der Waals surface area (Å²) in [5.41, 5.74) is 3.74. The number of rotatable bonds is 9. The fraction of sp³-hybridized carbons (Fsp3) is 0.565. The highest BCUT2D eigenvalue weighted by Crippen LogP contribution is 2.35. The van der Waals surface area contributed by atoms with Gasteiger partial charge in [0.05, 0.1) is 24.5 Å². The molecule has 2 N–H and O–H groups in total. The van der Waals surface area contributed by atoms with E-state index in [1.807, 2.05) is 13.1 Å². The molecule has 0 atom stereocenters. The van der Waals surface area contributed by atoms with Crippen molar-refractivity contribution in [3.8, 4) is 11.3 Å². The zero-order valence-electron chi connectivity index (χ0n) is 17.3. The van der Waals surface area contributed by atoms with Crippen LogP contribution in [0.4, 0.5) is 0 Å². The van der Waals surface area contributed by atoms with E-state index in [9.17, 15) is 4.79 Å². The largest absolute Gasteiger partial charge is 0.480 e. The highest BCUT2D eigenvalue weighted by Gasteiger charge is 2.33. The van der Waals surface area contributed by atoms with Crippen molar-refractivity contribution in [1.29, 1.82) is 0 Å². The lowest BCUT2D eigenvalue weighted by Gasteiger charge is -2.42. The summed E-state index contributed by atoms with van der Waals surface area (Å²) < 4.78 is 2.26. The normalized spacial score (nSPS) is 22.1. The van der Waals surface area contributed by atoms with Gasteiger partial charge in [-0.15, -0.1) is 0 Å². The van der Waals surface area contributed by atoms with Gasteiger partial charge in [0.1, 0.15) is 0 Å². The Bertz CT molecular complexity index is 808. The number of nitrogens with one attached hydrogen (secondary N) is 1. The number of nitrogens with zero attached hydrogens (tertiary/aromatic N) is 3. The number of likely N-dealkylation sites (N-methyl/N-ethyl adjacent to an activating group) is 1. The standard InChI is InChI=1S/C23H32N4O2/c1-2-26(16-22(28)29)21-12-19(13-21)24-14-18-15-25-27(20-10-6-7-11-20)23(18)17-8-4-3-5-9-17/h3-5,8-9,15,19-21,24H,2,6-7,10-14,16H2,1H3,(H,28,29). The van der Waals surface area contributed by atoms with Gasteiger partial charge in [0.25, 0.3) is 0 Å². The second-order valence-electron chi connectivity index (χ2n) is 8.43. The molecular formula is C23H32N4O2. The second-order valence-corrected chi connectivity index (χ2v) is 8.43. The van der Waals surface area contributed by atoms with Crippen LogP contribution in [-0.2, 0) is 11.3 Å². The highest BCUT2D eigenvalue weighted by molar-refractivity contribution is 5.69. The molecule has 0 radical (unpaired) electrons. The molecule has 1 heterocycles. The molecule has 0 bridgehead atoms. The van der Waals surface area contributed by atoms with Crippen LogP contribution in [0.5, 0.6) is 0 Å². The van der Waals surface area contributed by atoms with Gasteiger partial charge >= 0.3 is 5.97 Å². The molecule has 156 valence electrons. The first-order valence-corrected chi connectivity index (χ1v) is 11.0. The molecule has 6 heteroatoms. The Labute approximate surface area is 172 Å². The van der Waals surface area contributed by atoms with E-state index in [4.69, 9.17) is 10.2 Å². The van der Waals surface area contributed by atoms with Crippen LogP contribution in [0.2, 0.25) is 0 Å². The van der Waals surface area contributed by atoms with Gasteiger partial charge in [0.15, 0.2) is 0 Å². The van der Waals surface area contributed by atoms with Crippen LogP contribution < -0.4 is 5.32 Å². The molecule has 1 aromatic heterocycles. The van der Waals surface area contributed by atoms with E-state index in [2.05, 4.69) is 45.2 Å². The minimum Gasteiger partial charge on any atom is -0.480 e. The molecule has 29 heavy (non-hydrogen) atoms. The van der Waals surface area contributed by atoms with E-state index in [1.54, 1.807) is 0 Å². The average molecular weight is 397 g/mol. The van der Waals surface area contributed by atoms with Crippen LogP contribution in [0.15, 0.2) is 36.5 Å². The summed E-state index contributed by atoms with van der Waals surface area (Å²) in [7, 11) is 0. The third-order valence-electron chi connectivity index (χ3n) is 6.54. The Hall–Kier alpha value is -2.18. The van der Waals surface area contributed by atoms with E-state index < -0.39 is 5.97 Å². The SMILES string of the molecule is CCN(CC(=O)O)C1CC(NCc2cnn(C3CCCC3)c2-c2ccccc2)C1. The van der Waals surface area contributed by atoms with Gasteiger partial charge < -0.3 is 10.4 Å². The van der Waals surface area contributed by atoms with Crippen LogP contribution in [0, 0.1) is 0 Å². The van der Waals surface area contributed by atoms with E-state index >= 15 is 0 Å². The Balaban J connectivity index is 1.41. The first kappa shape index (κ1) is 20.1. The van der Waals surface area contributed by atoms with Crippen LogP contribution in [0.3, 0.4) is 0 Å². The van der Waals surface area contributed by atoms with Crippen molar-refractivity contribution in [3.05, 3.63) is 42.1 Å². The zero-order chi connectivity index (χ0) is 20.2. The first-order chi connectivity index (χ1) is 14.2. The van der Waals surface area contributed by atoms with Crippen molar-refractivity contribution < 1.29 is 9.90 Å². The summed E-state index contributed by atoms with van der Waals surface area (Å²) in [6.45, 7) is 3.77. The number of aromatic nitrogens is 2. The molecule has 4 rings (SSSR count). The number of carboxylic acids is 1. The van der Waals surface area contributed by atoms with E-state index in [0.717, 1.165) is 25.9 Å². The topological polar surface area (TPSA) is 70.4 Å². The molecule has 0 spiro atoms. The van der Waals surface area contributed by atoms with Crippen LogP contribution in [-0.4, -0.2) is 50.9 Å². The molecule has 0 unspecified atom stereocenters. The monoisotopic (exact) mass is 396 g/mol. The number of carboxylic acid groups (broad SMARTS) is 1. The second kappa shape index (κ2) is 9.09. The van der Waals surface area contributed by atoms with Crippen molar-refractivity contribution in [2.45, 2.75) is 70.1 Å². The van der Waals surface area contributed by atoms with Crippen LogP contribution >= 0.6 is 0 Å². The van der Waals surface area contributed by atoms with Crippen molar-refractivity contribution in [2.24, 2.45) is 0 Å². The van der Waals surface area contributed by atoms with Crippen molar-refractivity contribution in [2.75, 3.05) is 13.1 Å². The Morgan fingerprint density at radius 2 is 1.97 bits per heavy atom. The summed E-state index contributed by atoms with van der Waals surface area (Å²) >= 11 is 0. The Morgan fingerprint density at radius 1 is 1.24 bits per heavy atom. The lowest BCUT2D eigenvalue weighted by molar-refractivity contribution is -0.139. The molecule has 2 aliphatic carbocycles. The third kappa shape index (κ3) is 4.54. The smallest absolute Gasteiger partial charge is 0.317 e. The molecule has 2 aromatic rings. The van der Waals surface area contributed by atoms with Gasteiger partial charge in [-0.25, -0.2) is 0 Å². The fourth-order valence-electron chi connectivity index (χ4n) is 4.85. The fourth-order valence-corrected chi connectivity index (χ4v) is 4.85. The highest BCUT2D eigenvalue weighted by atomic mass is 16.4. The number of carbonyl (C=O) groups is 1. The number of hydrogen-bond acceptors (Lipinski definition) is 4. The summed E-state index contributed by atoms with van der Waals surface area (Å²) in [6, 6.07) is 11.9. The molecular weight excluding hydrogens is 364 g/mol. The maximum Gasteiger partial charge on any atom is 0.317 e.